The van der Waals surface area contributed by atoms with Gasteiger partial charge in [-0.3, -0.25) is 4.79 Å². The summed E-state index contributed by atoms with van der Waals surface area (Å²) in [4.78, 5) is 24.6. The number of esters is 1. The molecule has 1 aromatic rings. The van der Waals surface area contributed by atoms with Gasteiger partial charge in [0.1, 0.15) is 6.04 Å². The van der Waals surface area contributed by atoms with Crippen molar-refractivity contribution in [2.75, 3.05) is 6.61 Å². The van der Waals surface area contributed by atoms with Crippen LogP contribution in [-0.2, 0) is 20.7 Å². The molecule has 4 heteroatoms. The first-order valence-electron chi connectivity index (χ1n) is 13.7. The molecule has 0 radical (unpaired) electrons. The van der Waals surface area contributed by atoms with Gasteiger partial charge in [-0.05, 0) is 18.9 Å². The Morgan fingerprint density at radius 3 is 1.70 bits per heavy atom. The zero-order valence-electron chi connectivity index (χ0n) is 21.4. The van der Waals surface area contributed by atoms with Crippen LogP contribution in [0.25, 0.3) is 0 Å². The summed E-state index contributed by atoms with van der Waals surface area (Å²) in [6.07, 6.45) is 20.5. The smallest absolute Gasteiger partial charge is 0.328 e. The van der Waals surface area contributed by atoms with E-state index in [1.807, 2.05) is 30.3 Å². The molecule has 33 heavy (non-hydrogen) atoms. The van der Waals surface area contributed by atoms with Crippen LogP contribution < -0.4 is 5.32 Å². The molecule has 1 amide bonds. The Morgan fingerprint density at radius 1 is 0.727 bits per heavy atom. The highest BCUT2D eigenvalue weighted by atomic mass is 16.5. The van der Waals surface area contributed by atoms with Gasteiger partial charge in [-0.1, -0.05) is 127 Å². The lowest BCUT2D eigenvalue weighted by Gasteiger charge is -2.17. The van der Waals surface area contributed by atoms with Crippen molar-refractivity contribution in [3.8, 4) is 0 Å². The summed E-state index contributed by atoms with van der Waals surface area (Å²) in [7, 11) is 0. The van der Waals surface area contributed by atoms with Crippen molar-refractivity contribution in [2.24, 2.45) is 0 Å². The molecule has 1 N–H and O–H groups in total. The number of carbonyl (C=O) groups excluding carboxylic acids is 2. The molecule has 188 valence electrons. The second-order valence-electron chi connectivity index (χ2n) is 9.26. The molecule has 0 aromatic heterocycles. The fourth-order valence-corrected chi connectivity index (χ4v) is 4.21. The second kappa shape index (κ2) is 20.7. The van der Waals surface area contributed by atoms with Gasteiger partial charge in [0, 0.05) is 12.8 Å². The third-order valence-electron chi connectivity index (χ3n) is 6.20. The number of benzene rings is 1. The number of ether oxygens (including phenoxy) is 1. The molecule has 0 unspecified atom stereocenters. The monoisotopic (exact) mass is 459 g/mol. The van der Waals surface area contributed by atoms with Crippen LogP contribution in [0.4, 0.5) is 0 Å². The average Bonchev–Trinajstić information content (AvgIpc) is 2.82. The van der Waals surface area contributed by atoms with Crippen molar-refractivity contribution in [2.45, 2.75) is 129 Å². The lowest BCUT2D eigenvalue weighted by atomic mass is 10.0. The lowest BCUT2D eigenvalue weighted by molar-refractivity contribution is -0.147. The minimum Gasteiger partial charge on any atom is -0.464 e. The Balaban J connectivity index is 2.04. The quantitative estimate of drug-likeness (QED) is 0.153. The van der Waals surface area contributed by atoms with E-state index in [0.29, 0.717) is 19.4 Å². The topological polar surface area (TPSA) is 55.4 Å². The molecule has 0 aliphatic carbocycles. The van der Waals surface area contributed by atoms with Gasteiger partial charge in [0.15, 0.2) is 0 Å². The van der Waals surface area contributed by atoms with Crippen molar-refractivity contribution in [1.82, 2.24) is 5.32 Å². The Morgan fingerprint density at radius 2 is 1.21 bits per heavy atom. The van der Waals surface area contributed by atoms with E-state index in [4.69, 9.17) is 4.74 Å². The maximum atomic E-state index is 12.4. The minimum absolute atomic E-state index is 0.0568. The fourth-order valence-electron chi connectivity index (χ4n) is 4.21. The van der Waals surface area contributed by atoms with E-state index in [0.717, 1.165) is 18.4 Å². The van der Waals surface area contributed by atoms with Crippen LogP contribution >= 0.6 is 0 Å². The van der Waals surface area contributed by atoms with E-state index in [-0.39, 0.29) is 11.9 Å². The van der Waals surface area contributed by atoms with E-state index >= 15 is 0 Å². The number of nitrogens with one attached hydrogen (secondary N) is 1. The lowest BCUT2D eigenvalue weighted by Crippen LogP contribution is -2.43. The first-order chi connectivity index (χ1) is 16.2. The fraction of sp³-hybridized carbons (Fsp3) is 0.724. The highest BCUT2D eigenvalue weighted by molar-refractivity contribution is 5.84. The Bertz CT molecular complexity index is 602. The zero-order valence-corrected chi connectivity index (χ0v) is 21.4. The third kappa shape index (κ3) is 16.4. The van der Waals surface area contributed by atoms with Gasteiger partial charge < -0.3 is 10.1 Å². The van der Waals surface area contributed by atoms with Crippen LogP contribution in [0.15, 0.2) is 30.3 Å². The van der Waals surface area contributed by atoms with Gasteiger partial charge >= 0.3 is 5.97 Å². The van der Waals surface area contributed by atoms with Gasteiger partial charge in [0.25, 0.3) is 0 Å². The molecule has 4 nitrogen and oxygen atoms in total. The van der Waals surface area contributed by atoms with Crippen molar-refractivity contribution in [1.29, 1.82) is 0 Å². The number of unbranched alkanes of at least 4 members (excludes halogenated alkanes) is 14. The van der Waals surface area contributed by atoms with Crippen LogP contribution in [-0.4, -0.2) is 24.5 Å². The van der Waals surface area contributed by atoms with Crippen LogP contribution in [0.1, 0.15) is 122 Å². The normalized spacial score (nSPS) is 11.8. The third-order valence-corrected chi connectivity index (χ3v) is 6.20. The summed E-state index contributed by atoms with van der Waals surface area (Å²) in [6, 6.07) is 9.14. The number of hydrogen-bond acceptors (Lipinski definition) is 3. The summed E-state index contributed by atoms with van der Waals surface area (Å²) < 4.78 is 5.15. The maximum absolute atomic E-state index is 12.4. The van der Waals surface area contributed by atoms with E-state index in [1.54, 1.807) is 6.92 Å². The van der Waals surface area contributed by atoms with E-state index in [9.17, 15) is 9.59 Å². The summed E-state index contributed by atoms with van der Waals surface area (Å²) >= 11 is 0. The molecular weight excluding hydrogens is 410 g/mol. The first-order valence-corrected chi connectivity index (χ1v) is 13.7. The molecular formula is C29H49NO3. The number of amides is 1. The van der Waals surface area contributed by atoms with Crippen molar-refractivity contribution >= 4 is 11.9 Å². The molecule has 1 atom stereocenters. The molecule has 0 spiro atoms. The van der Waals surface area contributed by atoms with E-state index < -0.39 is 6.04 Å². The van der Waals surface area contributed by atoms with Crippen molar-refractivity contribution < 1.29 is 14.3 Å². The highest BCUT2D eigenvalue weighted by Crippen LogP contribution is 2.14. The first kappa shape index (κ1) is 29.2. The molecule has 0 saturated carbocycles. The zero-order chi connectivity index (χ0) is 24.0. The van der Waals surface area contributed by atoms with Gasteiger partial charge in [-0.2, -0.15) is 0 Å². The Kier molecular flexibility index (Phi) is 18.4. The van der Waals surface area contributed by atoms with Crippen LogP contribution in [0, 0.1) is 0 Å². The van der Waals surface area contributed by atoms with Gasteiger partial charge in [-0.15, -0.1) is 0 Å². The van der Waals surface area contributed by atoms with E-state index in [2.05, 4.69) is 12.2 Å². The largest absolute Gasteiger partial charge is 0.464 e. The number of hydrogen-bond donors (Lipinski definition) is 1. The second-order valence-corrected chi connectivity index (χ2v) is 9.26. The number of carbonyl (C=O) groups is 2. The standard InChI is InChI=1S/C29H49NO3/c1-3-5-6-7-8-9-10-11-12-13-14-15-16-17-21-24-28(31)30-27(29(32)33-4-2)25-26-22-19-18-20-23-26/h18-20,22-23,27H,3-17,21,24-25H2,1-2H3,(H,30,31)/t27-/m0/s1. The predicted molar refractivity (Wildman–Crippen MR) is 138 cm³/mol. The molecule has 0 heterocycles. The molecule has 0 aliphatic rings. The molecule has 1 rings (SSSR count). The predicted octanol–water partition coefficient (Wildman–Crippen LogP) is 7.54. The summed E-state index contributed by atoms with van der Waals surface area (Å²) in [5.74, 6) is -0.412. The summed E-state index contributed by atoms with van der Waals surface area (Å²) in [6.45, 7) is 4.38. The average molecular weight is 460 g/mol. The maximum Gasteiger partial charge on any atom is 0.328 e. The Hall–Kier alpha value is -1.84. The van der Waals surface area contributed by atoms with Gasteiger partial charge in [0.2, 0.25) is 5.91 Å². The minimum atomic E-state index is -0.615. The van der Waals surface area contributed by atoms with Crippen molar-refractivity contribution in [3.05, 3.63) is 35.9 Å². The summed E-state index contributed by atoms with van der Waals surface area (Å²) in [5.41, 5.74) is 1.02. The summed E-state index contributed by atoms with van der Waals surface area (Å²) in [5, 5.41) is 2.89. The van der Waals surface area contributed by atoms with Crippen LogP contribution in [0.2, 0.25) is 0 Å². The molecule has 0 fully saturated rings. The SMILES string of the molecule is CCCCCCCCCCCCCCCCCC(=O)N[C@@H](Cc1ccccc1)C(=O)OCC. The molecule has 0 bridgehead atoms. The molecule has 1 aromatic carbocycles. The van der Waals surface area contributed by atoms with E-state index in [1.165, 1.54) is 83.5 Å². The van der Waals surface area contributed by atoms with Gasteiger partial charge in [-0.25, -0.2) is 4.79 Å². The Labute approximate surface area is 203 Å². The number of rotatable bonds is 21. The highest BCUT2D eigenvalue weighted by Gasteiger charge is 2.22. The van der Waals surface area contributed by atoms with Crippen LogP contribution in [0.5, 0.6) is 0 Å². The van der Waals surface area contributed by atoms with Gasteiger partial charge in [0.05, 0.1) is 6.61 Å². The molecule has 0 saturated heterocycles. The van der Waals surface area contributed by atoms with Crippen LogP contribution in [0.3, 0.4) is 0 Å². The van der Waals surface area contributed by atoms with Crippen molar-refractivity contribution in [3.63, 3.8) is 0 Å². The molecule has 0 aliphatic heterocycles.